The average Bonchev–Trinajstić information content (AvgIpc) is 2.79. The summed E-state index contributed by atoms with van der Waals surface area (Å²) in [5, 5.41) is 0. The van der Waals surface area contributed by atoms with E-state index >= 15 is 0 Å². The van der Waals surface area contributed by atoms with Crippen molar-refractivity contribution in [2.75, 3.05) is 69.2 Å². The van der Waals surface area contributed by atoms with E-state index in [1.54, 1.807) is 0 Å². The van der Waals surface area contributed by atoms with Crippen LogP contribution in [0.2, 0.25) is 0 Å². The van der Waals surface area contributed by atoms with Crippen LogP contribution in [0, 0.1) is 0 Å². The van der Waals surface area contributed by atoms with E-state index < -0.39 is 21.8 Å². The van der Waals surface area contributed by atoms with Gasteiger partial charge in [-0.15, -0.1) is 0 Å². The molecule has 174 valence electrons. The summed E-state index contributed by atoms with van der Waals surface area (Å²) in [5.74, 6) is 1.59. The summed E-state index contributed by atoms with van der Waals surface area (Å²) in [4.78, 5) is 15.1. The molecule has 1 aromatic carbocycles. The number of alkyl halides is 3. The highest BCUT2D eigenvalue weighted by atomic mass is 32.2. The van der Waals surface area contributed by atoms with Crippen LogP contribution in [0.25, 0.3) is 0 Å². The van der Waals surface area contributed by atoms with Gasteiger partial charge in [0, 0.05) is 58.4 Å². The molecular formula is C20H25F3N6O2S. The van der Waals surface area contributed by atoms with Gasteiger partial charge in [-0.3, -0.25) is 0 Å². The minimum atomic E-state index is -4.51. The van der Waals surface area contributed by atoms with E-state index in [0.29, 0.717) is 13.1 Å². The molecule has 1 aromatic heterocycles. The van der Waals surface area contributed by atoms with Crippen molar-refractivity contribution in [3.63, 3.8) is 0 Å². The molecule has 2 aromatic rings. The Balaban J connectivity index is 1.41. The largest absolute Gasteiger partial charge is 0.416 e. The third-order valence-corrected chi connectivity index (χ3v) is 7.76. The number of piperazine rings is 2. The minimum Gasteiger partial charge on any atom is -0.354 e. The maximum atomic E-state index is 12.9. The predicted octanol–water partition coefficient (Wildman–Crippen LogP) is 1.76. The van der Waals surface area contributed by atoms with E-state index in [1.807, 2.05) is 11.0 Å². The van der Waals surface area contributed by atoms with Gasteiger partial charge in [0.15, 0.2) is 0 Å². The molecule has 32 heavy (non-hydrogen) atoms. The fraction of sp³-hybridized carbons (Fsp3) is 0.500. The van der Waals surface area contributed by atoms with Crippen LogP contribution in [0.1, 0.15) is 5.56 Å². The lowest BCUT2D eigenvalue weighted by Crippen LogP contribution is -2.49. The van der Waals surface area contributed by atoms with Gasteiger partial charge in [-0.2, -0.15) is 17.5 Å². The summed E-state index contributed by atoms with van der Waals surface area (Å²) in [6.45, 7) is 4.98. The third kappa shape index (κ3) is 4.81. The molecule has 0 bridgehead atoms. The van der Waals surface area contributed by atoms with Crippen LogP contribution in [0.5, 0.6) is 0 Å². The van der Waals surface area contributed by atoms with Gasteiger partial charge in [-0.05, 0) is 31.3 Å². The van der Waals surface area contributed by atoms with Gasteiger partial charge in [0.05, 0.1) is 10.5 Å². The summed E-state index contributed by atoms with van der Waals surface area (Å²) in [6.07, 6.45) is -2.98. The van der Waals surface area contributed by atoms with Crippen molar-refractivity contribution in [2.24, 2.45) is 0 Å². The molecule has 2 aliphatic heterocycles. The fourth-order valence-electron chi connectivity index (χ4n) is 3.84. The lowest BCUT2D eigenvalue weighted by Gasteiger charge is -2.36. The van der Waals surface area contributed by atoms with Crippen molar-refractivity contribution in [1.82, 2.24) is 19.2 Å². The van der Waals surface area contributed by atoms with Crippen LogP contribution < -0.4 is 9.80 Å². The Hall–Kier alpha value is -2.44. The number of anilines is 2. The number of halogens is 3. The van der Waals surface area contributed by atoms with Gasteiger partial charge in [0.1, 0.15) is 18.0 Å². The normalized spacial score (nSPS) is 19.4. The zero-order chi connectivity index (χ0) is 22.9. The molecule has 0 N–H and O–H groups in total. The van der Waals surface area contributed by atoms with Crippen molar-refractivity contribution in [3.05, 3.63) is 42.2 Å². The second-order valence-corrected chi connectivity index (χ2v) is 9.88. The van der Waals surface area contributed by atoms with Gasteiger partial charge in [-0.25, -0.2) is 18.4 Å². The second kappa shape index (κ2) is 8.83. The maximum absolute atomic E-state index is 12.9. The molecule has 0 amide bonds. The number of sulfonamides is 1. The molecule has 8 nitrogen and oxygen atoms in total. The Labute approximate surface area is 185 Å². The number of likely N-dealkylation sites (N-methyl/N-ethyl adjacent to an activating group) is 1. The zero-order valence-corrected chi connectivity index (χ0v) is 18.5. The Morgan fingerprint density at radius 3 is 1.81 bits per heavy atom. The number of nitrogens with zero attached hydrogens (tertiary/aromatic N) is 6. The van der Waals surface area contributed by atoms with Crippen molar-refractivity contribution in [3.8, 4) is 0 Å². The smallest absolute Gasteiger partial charge is 0.354 e. The Morgan fingerprint density at radius 2 is 1.31 bits per heavy atom. The summed E-state index contributed by atoms with van der Waals surface area (Å²) < 4.78 is 65.3. The molecule has 0 saturated carbocycles. The first-order valence-corrected chi connectivity index (χ1v) is 11.8. The SMILES string of the molecule is CN1CCN(c2cc(N3CCN(S(=O)(=O)c4ccc(C(F)(F)F)cc4)CC3)ncn2)CC1. The van der Waals surface area contributed by atoms with E-state index in [4.69, 9.17) is 0 Å². The molecule has 2 fully saturated rings. The van der Waals surface area contributed by atoms with Crippen LogP contribution in [0.15, 0.2) is 41.6 Å². The summed E-state index contributed by atoms with van der Waals surface area (Å²) in [5.41, 5.74) is -0.874. The van der Waals surface area contributed by atoms with Gasteiger partial charge < -0.3 is 14.7 Å². The zero-order valence-electron chi connectivity index (χ0n) is 17.7. The highest BCUT2D eigenvalue weighted by Crippen LogP contribution is 2.30. The van der Waals surface area contributed by atoms with E-state index in [-0.39, 0.29) is 18.0 Å². The predicted molar refractivity (Wildman–Crippen MR) is 114 cm³/mol. The van der Waals surface area contributed by atoms with Gasteiger partial charge in [-0.1, -0.05) is 0 Å². The minimum absolute atomic E-state index is 0.140. The topological polar surface area (TPSA) is 72.9 Å². The first-order chi connectivity index (χ1) is 15.1. The second-order valence-electron chi connectivity index (χ2n) is 7.94. The molecule has 0 aliphatic carbocycles. The highest BCUT2D eigenvalue weighted by molar-refractivity contribution is 7.89. The lowest BCUT2D eigenvalue weighted by molar-refractivity contribution is -0.137. The Morgan fingerprint density at radius 1 is 0.812 bits per heavy atom. The van der Waals surface area contributed by atoms with Crippen LogP contribution in [0.4, 0.5) is 24.8 Å². The van der Waals surface area contributed by atoms with E-state index in [2.05, 4.69) is 26.8 Å². The van der Waals surface area contributed by atoms with Crippen molar-refractivity contribution in [2.45, 2.75) is 11.1 Å². The molecule has 0 radical (unpaired) electrons. The van der Waals surface area contributed by atoms with Gasteiger partial charge >= 0.3 is 6.18 Å². The molecule has 0 unspecified atom stereocenters. The summed E-state index contributed by atoms with van der Waals surface area (Å²) in [7, 11) is -1.78. The Kier molecular flexibility index (Phi) is 6.28. The molecule has 0 spiro atoms. The monoisotopic (exact) mass is 470 g/mol. The van der Waals surface area contributed by atoms with Gasteiger partial charge in [0.2, 0.25) is 10.0 Å². The van der Waals surface area contributed by atoms with Crippen LogP contribution in [0.3, 0.4) is 0 Å². The number of aromatic nitrogens is 2. The van der Waals surface area contributed by atoms with Crippen molar-refractivity contribution >= 4 is 21.7 Å². The first kappa shape index (κ1) is 22.7. The highest BCUT2D eigenvalue weighted by Gasteiger charge is 2.33. The lowest BCUT2D eigenvalue weighted by atomic mass is 10.2. The average molecular weight is 471 g/mol. The summed E-state index contributed by atoms with van der Waals surface area (Å²) >= 11 is 0. The molecule has 4 rings (SSSR count). The molecular weight excluding hydrogens is 445 g/mol. The van der Waals surface area contributed by atoms with E-state index in [0.717, 1.165) is 62.1 Å². The fourth-order valence-corrected chi connectivity index (χ4v) is 5.26. The van der Waals surface area contributed by atoms with Crippen molar-refractivity contribution < 1.29 is 21.6 Å². The van der Waals surface area contributed by atoms with Crippen LogP contribution >= 0.6 is 0 Å². The van der Waals surface area contributed by atoms with Crippen LogP contribution in [-0.4, -0.2) is 87.0 Å². The number of rotatable bonds is 4. The standard InChI is InChI=1S/C20H25F3N6O2S/c1-26-6-8-27(9-7-26)18-14-19(25-15-24-18)28-10-12-29(13-11-28)32(30,31)17-4-2-16(3-5-17)20(21,22)23/h2-5,14-15H,6-13H2,1H3. The number of benzene rings is 1. The number of hydrogen-bond acceptors (Lipinski definition) is 7. The molecule has 3 heterocycles. The van der Waals surface area contributed by atoms with E-state index in [1.165, 1.54) is 10.6 Å². The quantitative estimate of drug-likeness (QED) is 0.674. The summed E-state index contributed by atoms with van der Waals surface area (Å²) in [6, 6.07) is 5.54. The van der Waals surface area contributed by atoms with E-state index in [9.17, 15) is 21.6 Å². The first-order valence-electron chi connectivity index (χ1n) is 10.3. The Bertz CT molecular complexity index is 1030. The molecule has 2 aliphatic rings. The number of hydrogen-bond donors (Lipinski definition) is 0. The third-order valence-electron chi connectivity index (χ3n) is 5.85. The molecule has 0 atom stereocenters. The molecule has 2 saturated heterocycles. The van der Waals surface area contributed by atoms with Crippen LogP contribution in [-0.2, 0) is 16.2 Å². The van der Waals surface area contributed by atoms with Gasteiger partial charge in [0.25, 0.3) is 0 Å². The van der Waals surface area contributed by atoms with Crippen molar-refractivity contribution in [1.29, 1.82) is 0 Å². The maximum Gasteiger partial charge on any atom is 0.416 e. The molecule has 12 heteroatoms.